The minimum Gasteiger partial charge on any atom is -0.469 e. The number of benzene rings is 1. The quantitative estimate of drug-likeness (QED) is 0.562. The zero-order chi connectivity index (χ0) is 19.0. The van der Waals surface area contributed by atoms with Crippen molar-refractivity contribution < 1.29 is 9.53 Å². The minimum absolute atomic E-state index is 0.264. The molecule has 0 aliphatic carbocycles. The van der Waals surface area contributed by atoms with Gasteiger partial charge in [0.2, 0.25) is 0 Å². The number of ether oxygens (including phenoxy) is 1. The van der Waals surface area contributed by atoms with Gasteiger partial charge >= 0.3 is 5.97 Å². The SMILES string of the molecule is COC(=O)CCc1c(C)c(-c2cnc3ccccc3c2)c2c(N)ncnn12. The normalized spacial score (nSPS) is 11.2. The van der Waals surface area contributed by atoms with Gasteiger partial charge in [-0.2, -0.15) is 5.10 Å². The van der Waals surface area contributed by atoms with E-state index in [4.69, 9.17) is 10.5 Å². The monoisotopic (exact) mass is 361 g/mol. The largest absolute Gasteiger partial charge is 0.469 e. The van der Waals surface area contributed by atoms with Crippen LogP contribution in [0.1, 0.15) is 17.7 Å². The zero-order valence-electron chi connectivity index (χ0n) is 15.1. The first-order chi connectivity index (χ1) is 13.1. The molecule has 7 heteroatoms. The van der Waals surface area contributed by atoms with E-state index in [2.05, 4.69) is 21.1 Å². The Bertz CT molecular complexity index is 1170. The summed E-state index contributed by atoms with van der Waals surface area (Å²) in [6, 6.07) is 10.0. The molecule has 0 saturated carbocycles. The van der Waals surface area contributed by atoms with Gasteiger partial charge < -0.3 is 10.5 Å². The average molecular weight is 361 g/mol. The van der Waals surface area contributed by atoms with Crippen molar-refractivity contribution in [3.8, 4) is 11.1 Å². The number of methoxy groups -OCH3 is 1. The third kappa shape index (κ3) is 2.87. The fraction of sp³-hybridized carbons (Fsp3) is 0.200. The number of nitrogens with two attached hydrogens (primary N) is 1. The molecule has 0 radical (unpaired) electrons. The number of carbonyl (C=O) groups excluding carboxylic acids is 1. The van der Waals surface area contributed by atoms with Crippen LogP contribution in [0.4, 0.5) is 5.82 Å². The Kier molecular flexibility index (Phi) is 4.19. The molecule has 7 nitrogen and oxygen atoms in total. The highest BCUT2D eigenvalue weighted by molar-refractivity contribution is 5.94. The predicted molar refractivity (Wildman–Crippen MR) is 103 cm³/mol. The van der Waals surface area contributed by atoms with E-state index in [-0.39, 0.29) is 12.4 Å². The van der Waals surface area contributed by atoms with Gasteiger partial charge in [-0.05, 0) is 24.6 Å². The summed E-state index contributed by atoms with van der Waals surface area (Å²) in [6.45, 7) is 2.01. The summed E-state index contributed by atoms with van der Waals surface area (Å²) in [5, 5.41) is 5.41. The molecule has 4 aromatic rings. The van der Waals surface area contributed by atoms with Gasteiger partial charge in [0.15, 0.2) is 5.82 Å². The van der Waals surface area contributed by atoms with E-state index in [1.54, 1.807) is 4.52 Å². The van der Waals surface area contributed by atoms with E-state index >= 15 is 0 Å². The summed E-state index contributed by atoms with van der Waals surface area (Å²) in [7, 11) is 1.39. The van der Waals surface area contributed by atoms with Crippen LogP contribution in [0.5, 0.6) is 0 Å². The van der Waals surface area contributed by atoms with Crippen LogP contribution in [0.15, 0.2) is 42.9 Å². The number of fused-ring (bicyclic) bond motifs is 2. The van der Waals surface area contributed by atoms with Gasteiger partial charge in [0.25, 0.3) is 0 Å². The summed E-state index contributed by atoms with van der Waals surface area (Å²) < 4.78 is 6.54. The molecular formula is C20H19N5O2. The molecule has 0 amide bonds. The number of pyridine rings is 1. The molecule has 2 N–H and O–H groups in total. The Morgan fingerprint density at radius 2 is 2.07 bits per heavy atom. The maximum atomic E-state index is 11.6. The van der Waals surface area contributed by atoms with Gasteiger partial charge in [0.05, 0.1) is 19.0 Å². The highest BCUT2D eigenvalue weighted by Gasteiger charge is 2.21. The van der Waals surface area contributed by atoms with Gasteiger partial charge in [-0.25, -0.2) is 9.50 Å². The molecule has 3 aromatic heterocycles. The number of hydrogen-bond donors (Lipinski definition) is 1. The number of hydrogen-bond acceptors (Lipinski definition) is 6. The second-order valence-corrected chi connectivity index (χ2v) is 6.35. The number of rotatable bonds is 4. The van der Waals surface area contributed by atoms with E-state index < -0.39 is 0 Å². The predicted octanol–water partition coefficient (Wildman–Crippen LogP) is 2.94. The molecule has 0 spiro atoms. The molecule has 1 aromatic carbocycles. The van der Waals surface area contributed by atoms with Gasteiger partial charge in [-0.1, -0.05) is 18.2 Å². The summed E-state index contributed by atoms with van der Waals surface area (Å²) in [5.41, 5.74) is 11.6. The van der Waals surface area contributed by atoms with Crippen molar-refractivity contribution in [1.82, 2.24) is 19.6 Å². The Labute approximate surface area is 155 Å². The molecule has 0 unspecified atom stereocenters. The van der Waals surface area contributed by atoms with E-state index in [9.17, 15) is 4.79 Å². The molecule has 4 rings (SSSR count). The Hall–Kier alpha value is -3.48. The molecule has 0 aliphatic heterocycles. The van der Waals surface area contributed by atoms with Crippen LogP contribution in [0.2, 0.25) is 0 Å². The fourth-order valence-electron chi connectivity index (χ4n) is 3.46. The van der Waals surface area contributed by atoms with Gasteiger partial charge in [-0.3, -0.25) is 9.78 Å². The fourth-order valence-corrected chi connectivity index (χ4v) is 3.46. The van der Waals surface area contributed by atoms with Crippen LogP contribution in [-0.4, -0.2) is 32.7 Å². The van der Waals surface area contributed by atoms with E-state index in [0.29, 0.717) is 12.2 Å². The highest BCUT2D eigenvalue weighted by Crippen LogP contribution is 2.35. The lowest BCUT2D eigenvalue weighted by Crippen LogP contribution is -2.06. The summed E-state index contributed by atoms with van der Waals surface area (Å²) >= 11 is 0. The molecule has 0 fully saturated rings. The maximum absolute atomic E-state index is 11.6. The Balaban J connectivity index is 1.93. The first-order valence-electron chi connectivity index (χ1n) is 8.62. The minimum atomic E-state index is -0.264. The van der Waals surface area contributed by atoms with Crippen molar-refractivity contribution in [2.24, 2.45) is 0 Å². The Morgan fingerprint density at radius 3 is 2.89 bits per heavy atom. The number of nitrogens with zero attached hydrogens (tertiary/aromatic N) is 4. The van der Waals surface area contributed by atoms with Crippen molar-refractivity contribution in [1.29, 1.82) is 0 Å². The lowest BCUT2D eigenvalue weighted by Gasteiger charge is -2.05. The molecular weight excluding hydrogens is 342 g/mol. The molecule has 27 heavy (non-hydrogen) atoms. The van der Waals surface area contributed by atoms with Crippen LogP contribution in [-0.2, 0) is 16.0 Å². The smallest absolute Gasteiger partial charge is 0.305 e. The lowest BCUT2D eigenvalue weighted by molar-refractivity contribution is -0.140. The summed E-state index contributed by atoms with van der Waals surface area (Å²) in [5.74, 6) is 0.126. The van der Waals surface area contributed by atoms with Gasteiger partial charge in [0.1, 0.15) is 11.8 Å². The molecule has 136 valence electrons. The zero-order valence-corrected chi connectivity index (χ0v) is 15.1. The number of nitrogen functional groups attached to an aromatic ring is 1. The average Bonchev–Trinajstić information content (AvgIpc) is 2.98. The van der Waals surface area contributed by atoms with Crippen molar-refractivity contribution in [2.45, 2.75) is 19.8 Å². The van der Waals surface area contributed by atoms with Crippen LogP contribution >= 0.6 is 0 Å². The van der Waals surface area contributed by atoms with E-state index in [0.717, 1.165) is 38.8 Å². The van der Waals surface area contributed by atoms with Crippen LogP contribution in [0.3, 0.4) is 0 Å². The van der Waals surface area contributed by atoms with Crippen LogP contribution in [0, 0.1) is 6.92 Å². The summed E-state index contributed by atoms with van der Waals surface area (Å²) in [4.78, 5) is 20.3. The molecule has 0 atom stereocenters. The first kappa shape index (κ1) is 17.0. The molecule has 0 aliphatic rings. The molecule has 3 heterocycles. The number of anilines is 1. The van der Waals surface area contributed by atoms with Crippen molar-refractivity contribution in [3.63, 3.8) is 0 Å². The van der Waals surface area contributed by atoms with Crippen molar-refractivity contribution in [2.75, 3.05) is 12.8 Å². The number of para-hydroxylation sites is 1. The number of esters is 1. The van der Waals surface area contributed by atoms with E-state index in [1.807, 2.05) is 37.4 Å². The first-order valence-corrected chi connectivity index (χ1v) is 8.62. The van der Waals surface area contributed by atoms with E-state index in [1.165, 1.54) is 13.4 Å². The van der Waals surface area contributed by atoms with Crippen molar-refractivity contribution >= 4 is 28.2 Å². The maximum Gasteiger partial charge on any atom is 0.305 e. The third-order valence-electron chi connectivity index (χ3n) is 4.79. The number of aryl methyl sites for hydroxylation is 1. The Morgan fingerprint density at radius 1 is 1.26 bits per heavy atom. The topological polar surface area (TPSA) is 95.4 Å². The van der Waals surface area contributed by atoms with Crippen LogP contribution in [0.25, 0.3) is 27.5 Å². The molecule has 0 saturated heterocycles. The molecule has 0 bridgehead atoms. The second kappa shape index (κ2) is 6.68. The lowest BCUT2D eigenvalue weighted by atomic mass is 10.0. The third-order valence-corrected chi connectivity index (χ3v) is 4.79. The number of carbonyl (C=O) groups is 1. The summed E-state index contributed by atoms with van der Waals surface area (Å²) in [6.07, 6.45) is 4.02. The second-order valence-electron chi connectivity index (χ2n) is 6.35. The van der Waals surface area contributed by atoms with Crippen LogP contribution < -0.4 is 5.73 Å². The van der Waals surface area contributed by atoms with Gasteiger partial charge in [-0.15, -0.1) is 0 Å². The standard InChI is InChI=1S/C20H19N5O2/c1-12-16(7-8-17(26)27-2)25-19(20(21)23-11-24-25)18(12)14-9-13-5-3-4-6-15(13)22-10-14/h3-6,9-11H,7-8H2,1-2H3,(H2,21,23,24). The van der Waals surface area contributed by atoms with Gasteiger partial charge in [0, 0.05) is 34.8 Å². The highest BCUT2D eigenvalue weighted by atomic mass is 16.5. The van der Waals surface area contributed by atoms with Crippen molar-refractivity contribution in [3.05, 3.63) is 54.1 Å². The number of aromatic nitrogens is 4.